The maximum absolute atomic E-state index is 8.72. The van der Waals surface area contributed by atoms with Gasteiger partial charge in [-0.1, -0.05) is 0 Å². The third-order valence-electron chi connectivity index (χ3n) is 1.69. The van der Waals surface area contributed by atoms with Gasteiger partial charge in [-0.15, -0.1) is 0 Å². The van der Waals surface area contributed by atoms with Gasteiger partial charge in [0.1, 0.15) is 5.82 Å². The first-order chi connectivity index (χ1) is 6.27. The van der Waals surface area contributed by atoms with Crippen LogP contribution in [0.4, 0.5) is 11.8 Å². The van der Waals surface area contributed by atoms with E-state index < -0.39 is 0 Å². The average Bonchev–Trinajstić information content (AvgIpc) is 2.18. The fourth-order valence-corrected chi connectivity index (χ4v) is 0.947. The molecule has 1 rings (SSSR count). The molecule has 0 unspecified atom stereocenters. The van der Waals surface area contributed by atoms with Crippen molar-refractivity contribution < 1.29 is 5.11 Å². The Bertz CT molecular complexity index is 266. The van der Waals surface area contributed by atoms with E-state index in [0.29, 0.717) is 12.5 Å². The summed E-state index contributed by atoms with van der Waals surface area (Å²) in [4.78, 5) is 10.1. The van der Waals surface area contributed by atoms with Crippen LogP contribution in [0.3, 0.4) is 0 Å². The van der Waals surface area contributed by atoms with Gasteiger partial charge in [0.05, 0.1) is 6.61 Å². The minimum Gasteiger partial charge on any atom is -0.395 e. The van der Waals surface area contributed by atoms with E-state index >= 15 is 0 Å². The lowest BCUT2D eigenvalue weighted by molar-refractivity contribution is 0.304. The van der Waals surface area contributed by atoms with E-state index in [-0.39, 0.29) is 6.61 Å². The molecule has 72 valence electrons. The van der Waals surface area contributed by atoms with Crippen LogP contribution in [0.5, 0.6) is 0 Å². The molecule has 0 aliphatic heterocycles. The van der Waals surface area contributed by atoms with Crippen molar-refractivity contribution in [2.45, 2.75) is 0 Å². The number of likely N-dealkylation sites (N-methyl/N-ethyl adjacent to an activating group) is 1. The largest absolute Gasteiger partial charge is 0.395 e. The lowest BCUT2D eigenvalue weighted by atomic mass is 10.5. The molecule has 0 spiro atoms. The lowest BCUT2D eigenvalue weighted by Crippen LogP contribution is -2.22. The molecule has 0 radical (unpaired) electrons. The second-order valence-corrected chi connectivity index (χ2v) is 2.63. The summed E-state index contributed by atoms with van der Waals surface area (Å²) in [5.74, 6) is 1.38. The average molecular weight is 182 g/mol. The van der Waals surface area contributed by atoms with Gasteiger partial charge in [0.2, 0.25) is 5.95 Å². The lowest BCUT2D eigenvalue weighted by Gasteiger charge is -2.16. The van der Waals surface area contributed by atoms with Crippen molar-refractivity contribution in [3.05, 3.63) is 12.3 Å². The van der Waals surface area contributed by atoms with Crippen LogP contribution in [-0.4, -0.2) is 42.3 Å². The highest BCUT2D eigenvalue weighted by atomic mass is 16.3. The van der Waals surface area contributed by atoms with Crippen LogP contribution in [-0.2, 0) is 0 Å². The molecule has 1 heterocycles. The number of hydrogen-bond donors (Lipinski definition) is 2. The topological polar surface area (TPSA) is 61.3 Å². The molecular weight excluding hydrogens is 168 g/mol. The van der Waals surface area contributed by atoms with E-state index in [4.69, 9.17) is 5.11 Å². The Morgan fingerprint density at radius 1 is 1.62 bits per heavy atom. The second kappa shape index (κ2) is 4.61. The Morgan fingerprint density at radius 3 is 3.00 bits per heavy atom. The van der Waals surface area contributed by atoms with Gasteiger partial charge in [-0.3, -0.25) is 0 Å². The SMILES string of the molecule is CNc1nccc(N(C)CCO)n1. The van der Waals surface area contributed by atoms with Crippen LogP contribution in [0.15, 0.2) is 12.3 Å². The minimum absolute atomic E-state index is 0.120. The summed E-state index contributed by atoms with van der Waals surface area (Å²) in [6, 6.07) is 1.80. The van der Waals surface area contributed by atoms with Crippen molar-refractivity contribution in [1.82, 2.24) is 9.97 Å². The van der Waals surface area contributed by atoms with E-state index in [1.165, 1.54) is 0 Å². The monoisotopic (exact) mass is 182 g/mol. The van der Waals surface area contributed by atoms with Crippen LogP contribution in [0, 0.1) is 0 Å². The summed E-state index contributed by atoms with van der Waals surface area (Å²) in [7, 11) is 3.64. The molecule has 0 saturated heterocycles. The molecule has 5 heteroatoms. The molecule has 0 atom stereocenters. The van der Waals surface area contributed by atoms with Gasteiger partial charge in [0, 0.05) is 26.8 Å². The first-order valence-corrected chi connectivity index (χ1v) is 4.10. The Hall–Kier alpha value is -1.36. The number of anilines is 2. The highest BCUT2D eigenvalue weighted by Gasteiger charge is 2.01. The van der Waals surface area contributed by atoms with E-state index in [0.717, 1.165) is 5.82 Å². The molecular formula is C8H14N4O. The molecule has 0 bridgehead atoms. The van der Waals surface area contributed by atoms with Crippen LogP contribution in [0.25, 0.3) is 0 Å². The Morgan fingerprint density at radius 2 is 2.38 bits per heavy atom. The summed E-state index contributed by atoms with van der Waals surface area (Å²) in [6.07, 6.45) is 1.68. The van der Waals surface area contributed by atoms with Gasteiger partial charge < -0.3 is 15.3 Å². The zero-order valence-electron chi connectivity index (χ0n) is 7.86. The van der Waals surface area contributed by atoms with Gasteiger partial charge in [-0.25, -0.2) is 4.98 Å². The Labute approximate surface area is 77.4 Å². The standard InChI is InChI=1S/C8H14N4O/c1-9-8-10-4-3-7(11-8)12(2)5-6-13/h3-4,13H,5-6H2,1-2H3,(H,9,10,11). The molecule has 1 aromatic rings. The third-order valence-corrected chi connectivity index (χ3v) is 1.69. The number of aromatic nitrogens is 2. The summed E-state index contributed by atoms with van der Waals surface area (Å²) >= 11 is 0. The molecule has 0 aliphatic rings. The van der Waals surface area contributed by atoms with E-state index in [1.54, 1.807) is 19.3 Å². The molecule has 5 nitrogen and oxygen atoms in total. The Balaban J connectivity index is 2.75. The molecule has 0 aromatic carbocycles. The quantitative estimate of drug-likeness (QED) is 0.683. The number of hydrogen-bond acceptors (Lipinski definition) is 5. The summed E-state index contributed by atoms with van der Waals surface area (Å²) in [5.41, 5.74) is 0. The smallest absolute Gasteiger partial charge is 0.224 e. The number of nitrogens with zero attached hydrogens (tertiary/aromatic N) is 3. The Kier molecular flexibility index (Phi) is 3.45. The number of nitrogens with one attached hydrogen (secondary N) is 1. The minimum atomic E-state index is 0.120. The molecule has 0 aliphatic carbocycles. The zero-order chi connectivity index (χ0) is 9.68. The van der Waals surface area contributed by atoms with Crippen LogP contribution in [0.1, 0.15) is 0 Å². The van der Waals surface area contributed by atoms with Crippen molar-refractivity contribution in [1.29, 1.82) is 0 Å². The zero-order valence-corrected chi connectivity index (χ0v) is 7.86. The fraction of sp³-hybridized carbons (Fsp3) is 0.500. The summed E-state index contributed by atoms with van der Waals surface area (Å²) in [5, 5.41) is 11.6. The van der Waals surface area contributed by atoms with Gasteiger partial charge in [-0.2, -0.15) is 4.98 Å². The summed E-state index contributed by atoms with van der Waals surface area (Å²) < 4.78 is 0. The maximum Gasteiger partial charge on any atom is 0.224 e. The second-order valence-electron chi connectivity index (χ2n) is 2.63. The predicted molar refractivity (Wildman–Crippen MR) is 51.9 cm³/mol. The first-order valence-electron chi connectivity index (χ1n) is 4.10. The van der Waals surface area contributed by atoms with Gasteiger partial charge in [0.15, 0.2) is 0 Å². The number of rotatable bonds is 4. The number of aliphatic hydroxyl groups is 1. The van der Waals surface area contributed by atoms with Gasteiger partial charge >= 0.3 is 0 Å². The normalized spacial score (nSPS) is 9.77. The number of aliphatic hydroxyl groups excluding tert-OH is 1. The highest BCUT2D eigenvalue weighted by molar-refractivity contribution is 5.41. The molecule has 0 saturated carbocycles. The summed E-state index contributed by atoms with van der Waals surface area (Å²) in [6.45, 7) is 0.690. The fourth-order valence-electron chi connectivity index (χ4n) is 0.947. The maximum atomic E-state index is 8.72. The first kappa shape index (κ1) is 9.73. The van der Waals surface area contributed by atoms with E-state index in [1.807, 2.05) is 11.9 Å². The van der Waals surface area contributed by atoms with Crippen molar-refractivity contribution in [2.24, 2.45) is 0 Å². The molecule has 0 amide bonds. The van der Waals surface area contributed by atoms with Crippen molar-refractivity contribution in [3.8, 4) is 0 Å². The molecule has 1 aromatic heterocycles. The van der Waals surface area contributed by atoms with Crippen molar-refractivity contribution >= 4 is 11.8 Å². The van der Waals surface area contributed by atoms with Crippen LogP contribution in [0.2, 0.25) is 0 Å². The van der Waals surface area contributed by atoms with Crippen molar-refractivity contribution in [2.75, 3.05) is 37.5 Å². The van der Waals surface area contributed by atoms with Gasteiger partial charge in [-0.05, 0) is 6.07 Å². The molecule has 2 N–H and O–H groups in total. The third kappa shape index (κ3) is 2.55. The van der Waals surface area contributed by atoms with Crippen molar-refractivity contribution in [3.63, 3.8) is 0 Å². The molecule has 0 fully saturated rings. The van der Waals surface area contributed by atoms with Crippen LogP contribution >= 0.6 is 0 Å². The molecule has 13 heavy (non-hydrogen) atoms. The van der Waals surface area contributed by atoms with E-state index in [9.17, 15) is 0 Å². The van der Waals surface area contributed by atoms with Gasteiger partial charge in [0.25, 0.3) is 0 Å². The highest BCUT2D eigenvalue weighted by Crippen LogP contribution is 2.08. The van der Waals surface area contributed by atoms with E-state index in [2.05, 4.69) is 15.3 Å². The predicted octanol–water partition coefficient (Wildman–Crippen LogP) is -0.0532. The van der Waals surface area contributed by atoms with Crippen LogP contribution < -0.4 is 10.2 Å².